The van der Waals surface area contributed by atoms with Gasteiger partial charge in [-0.05, 0) is 26.1 Å². The van der Waals surface area contributed by atoms with Crippen molar-refractivity contribution in [3.8, 4) is 0 Å². The molecule has 0 aliphatic heterocycles. The highest BCUT2D eigenvalue weighted by molar-refractivity contribution is 5.22. The molecule has 0 unspecified atom stereocenters. The number of nitrogens with two attached hydrogens (primary N) is 1. The van der Waals surface area contributed by atoms with Gasteiger partial charge in [0.2, 0.25) is 0 Å². The smallest absolute Gasteiger partial charge is 0.0382 e. The Hall–Kier alpha value is -0.370. The number of aliphatic imine (C=N–C) groups is 1. The summed E-state index contributed by atoms with van der Waals surface area (Å²) in [6.07, 6.45) is 6.20. The van der Waals surface area contributed by atoms with Crippen LogP contribution >= 0.6 is 0 Å². The minimum Gasteiger partial charge on any atom is -0.330 e. The van der Waals surface area contributed by atoms with Crippen LogP contribution < -0.4 is 5.73 Å². The minimum atomic E-state index is 0.833. The number of rotatable bonds is 7. The Balaban J connectivity index is 2.70. The van der Waals surface area contributed by atoms with Gasteiger partial charge in [0.15, 0.2) is 0 Å². The molecule has 0 bridgehead atoms. The van der Waals surface area contributed by atoms with E-state index < -0.39 is 0 Å². The first-order valence-corrected chi connectivity index (χ1v) is 4.04. The van der Waals surface area contributed by atoms with Crippen molar-refractivity contribution in [1.82, 2.24) is 0 Å². The lowest BCUT2D eigenvalue weighted by Gasteiger charge is -1.96. The van der Waals surface area contributed by atoms with Crippen LogP contribution in [0, 0.1) is 0 Å². The van der Waals surface area contributed by atoms with Crippen LogP contribution in [0.3, 0.4) is 0 Å². The summed E-state index contributed by atoms with van der Waals surface area (Å²) < 4.78 is 0. The topological polar surface area (TPSA) is 38.4 Å². The van der Waals surface area contributed by atoms with E-state index in [1.165, 1.54) is 32.1 Å². The van der Waals surface area contributed by atoms with E-state index in [-0.39, 0.29) is 0 Å². The van der Waals surface area contributed by atoms with Gasteiger partial charge in [-0.3, -0.25) is 0 Å². The van der Waals surface area contributed by atoms with Crippen molar-refractivity contribution in [2.24, 2.45) is 10.7 Å². The molecule has 10 heavy (non-hydrogen) atoms. The highest BCUT2D eigenvalue weighted by Gasteiger charge is 1.87. The second kappa shape index (κ2) is 8.63. The molecule has 0 amide bonds. The zero-order valence-corrected chi connectivity index (χ0v) is 6.68. The van der Waals surface area contributed by atoms with Gasteiger partial charge in [-0.15, -0.1) is 0 Å². The summed E-state index contributed by atoms with van der Waals surface area (Å²) in [5.74, 6) is 0. The van der Waals surface area contributed by atoms with Crippen molar-refractivity contribution in [3.63, 3.8) is 0 Å². The van der Waals surface area contributed by atoms with Gasteiger partial charge < -0.3 is 10.7 Å². The molecule has 60 valence electrons. The summed E-state index contributed by atoms with van der Waals surface area (Å²) in [7, 11) is 0. The van der Waals surface area contributed by atoms with E-state index in [0.717, 1.165) is 13.1 Å². The van der Waals surface area contributed by atoms with Crippen molar-refractivity contribution in [1.29, 1.82) is 0 Å². The summed E-state index contributed by atoms with van der Waals surface area (Å²) in [5.41, 5.74) is 5.34. The van der Waals surface area contributed by atoms with Crippen LogP contribution in [0.1, 0.15) is 32.1 Å². The maximum atomic E-state index is 5.34. The zero-order valence-electron chi connectivity index (χ0n) is 6.68. The van der Waals surface area contributed by atoms with Crippen molar-refractivity contribution >= 4 is 6.72 Å². The van der Waals surface area contributed by atoms with Gasteiger partial charge in [-0.1, -0.05) is 19.3 Å². The highest BCUT2D eigenvalue weighted by Crippen LogP contribution is 2.01. The summed E-state index contributed by atoms with van der Waals surface area (Å²) in [5, 5.41) is 0. The zero-order chi connectivity index (χ0) is 7.66. The van der Waals surface area contributed by atoms with Crippen molar-refractivity contribution in [2.75, 3.05) is 13.1 Å². The van der Waals surface area contributed by atoms with Crippen LogP contribution in [0.25, 0.3) is 0 Å². The van der Waals surface area contributed by atoms with Crippen molar-refractivity contribution in [2.45, 2.75) is 32.1 Å². The quantitative estimate of drug-likeness (QED) is 0.425. The van der Waals surface area contributed by atoms with Gasteiger partial charge in [0, 0.05) is 6.54 Å². The largest absolute Gasteiger partial charge is 0.330 e. The summed E-state index contributed by atoms with van der Waals surface area (Å²) >= 11 is 0. The van der Waals surface area contributed by atoms with E-state index in [2.05, 4.69) is 11.7 Å². The molecular formula is C8H18N2. The van der Waals surface area contributed by atoms with Crippen molar-refractivity contribution < 1.29 is 0 Å². The number of nitrogens with zero attached hydrogens (tertiary/aromatic N) is 1. The lowest BCUT2D eigenvalue weighted by atomic mass is 10.1. The number of unbranched alkanes of at least 4 members (excludes halogenated alkanes) is 4. The Labute approximate surface area is 63.5 Å². The molecule has 0 fully saturated rings. The second-order valence-corrected chi connectivity index (χ2v) is 2.50. The van der Waals surface area contributed by atoms with Crippen LogP contribution in [0.5, 0.6) is 0 Å². The standard InChI is InChI=1S/C8H18N2/c1-10-8-6-4-2-3-5-7-9/h1-9H2. The molecule has 2 nitrogen and oxygen atoms in total. The lowest BCUT2D eigenvalue weighted by Crippen LogP contribution is -1.97. The van der Waals surface area contributed by atoms with E-state index in [9.17, 15) is 0 Å². The Morgan fingerprint density at radius 3 is 2.20 bits per heavy atom. The highest BCUT2D eigenvalue weighted by atomic mass is 14.7. The molecule has 0 aliphatic rings. The summed E-state index contributed by atoms with van der Waals surface area (Å²) in [6.45, 7) is 5.18. The molecule has 2 heteroatoms. The number of hydrogen-bond donors (Lipinski definition) is 1. The van der Waals surface area contributed by atoms with Gasteiger partial charge in [0.05, 0.1) is 0 Å². The molecule has 0 aromatic carbocycles. The van der Waals surface area contributed by atoms with E-state index >= 15 is 0 Å². The fraction of sp³-hybridized carbons (Fsp3) is 0.875. The van der Waals surface area contributed by atoms with E-state index in [1.807, 2.05) is 0 Å². The monoisotopic (exact) mass is 142 g/mol. The second-order valence-electron chi connectivity index (χ2n) is 2.50. The van der Waals surface area contributed by atoms with Gasteiger partial charge in [-0.25, -0.2) is 0 Å². The summed E-state index contributed by atoms with van der Waals surface area (Å²) in [6, 6.07) is 0. The third-order valence-electron chi connectivity index (χ3n) is 1.52. The predicted octanol–water partition coefficient (Wildman–Crippen LogP) is 1.60. The molecule has 0 aromatic rings. The van der Waals surface area contributed by atoms with E-state index in [1.54, 1.807) is 0 Å². The van der Waals surface area contributed by atoms with Gasteiger partial charge in [0.1, 0.15) is 0 Å². The van der Waals surface area contributed by atoms with Crippen LogP contribution in [0.4, 0.5) is 0 Å². The molecule has 0 rings (SSSR count). The Morgan fingerprint density at radius 2 is 1.60 bits per heavy atom. The van der Waals surface area contributed by atoms with Gasteiger partial charge in [-0.2, -0.15) is 0 Å². The molecule has 0 aromatic heterocycles. The molecule has 0 aliphatic carbocycles. The van der Waals surface area contributed by atoms with Gasteiger partial charge in [0.25, 0.3) is 0 Å². The third kappa shape index (κ3) is 7.63. The Kier molecular flexibility index (Phi) is 8.31. The minimum absolute atomic E-state index is 0.833. The first-order valence-electron chi connectivity index (χ1n) is 4.04. The van der Waals surface area contributed by atoms with Gasteiger partial charge >= 0.3 is 0 Å². The average molecular weight is 142 g/mol. The molecular weight excluding hydrogens is 124 g/mol. The molecule has 0 heterocycles. The van der Waals surface area contributed by atoms with Crippen LogP contribution in [-0.2, 0) is 0 Å². The molecule has 0 radical (unpaired) electrons. The normalized spacial score (nSPS) is 9.70. The number of hydrogen-bond acceptors (Lipinski definition) is 2. The van der Waals surface area contributed by atoms with Crippen LogP contribution in [-0.4, -0.2) is 19.8 Å². The first-order chi connectivity index (χ1) is 4.91. The van der Waals surface area contributed by atoms with Crippen LogP contribution in [0.2, 0.25) is 0 Å². The summed E-state index contributed by atoms with van der Waals surface area (Å²) in [4.78, 5) is 3.78. The average Bonchev–Trinajstić information content (AvgIpc) is 1.97. The fourth-order valence-electron chi connectivity index (χ4n) is 0.898. The predicted molar refractivity (Wildman–Crippen MR) is 46.6 cm³/mol. The van der Waals surface area contributed by atoms with E-state index in [0.29, 0.717) is 0 Å². The molecule has 0 saturated carbocycles. The molecule has 0 saturated heterocycles. The Morgan fingerprint density at radius 1 is 1.00 bits per heavy atom. The maximum absolute atomic E-state index is 5.34. The molecule has 0 spiro atoms. The maximum Gasteiger partial charge on any atom is 0.0382 e. The fourth-order valence-corrected chi connectivity index (χ4v) is 0.898. The van der Waals surface area contributed by atoms with Crippen LogP contribution in [0.15, 0.2) is 4.99 Å². The third-order valence-corrected chi connectivity index (χ3v) is 1.52. The Bertz CT molecular complexity index is 71.7. The molecule has 0 atom stereocenters. The molecule has 2 N–H and O–H groups in total. The lowest BCUT2D eigenvalue weighted by molar-refractivity contribution is 0.624. The van der Waals surface area contributed by atoms with Crippen molar-refractivity contribution in [3.05, 3.63) is 0 Å². The first kappa shape index (κ1) is 9.63. The van der Waals surface area contributed by atoms with E-state index in [4.69, 9.17) is 5.73 Å². The SMILES string of the molecule is C=NCCCCCCCN.